The van der Waals surface area contributed by atoms with E-state index in [1.165, 1.54) is 0 Å². The number of halogens is 3. The summed E-state index contributed by atoms with van der Waals surface area (Å²) in [6.45, 7) is 0.999. The summed E-state index contributed by atoms with van der Waals surface area (Å²) in [6, 6.07) is 6.36. The number of aromatic nitrogens is 2. The molecule has 3 rings (SSSR count). The van der Waals surface area contributed by atoms with E-state index in [1.54, 1.807) is 29.2 Å². The van der Waals surface area contributed by atoms with E-state index in [4.69, 9.17) is 5.21 Å². The molecular formula is C16H15F3N4O3. The molecule has 1 aliphatic rings. The first kappa shape index (κ1) is 17.9. The van der Waals surface area contributed by atoms with Crippen molar-refractivity contribution in [2.75, 3.05) is 13.1 Å². The number of piperidine rings is 1. The largest absolute Gasteiger partial charge is 0.471 e. The molecule has 1 aromatic heterocycles. The average Bonchev–Trinajstić information content (AvgIpc) is 3.13. The van der Waals surface area contributed by atoms with E-state index in [1.807, 2.05) is 0 Å². The van der Waals surface area contributed by atoms with Crippen LogP contribution in [0, 0.1) is 0 Å². The van der Waals surface area contributed by atoms with Crippen LogP contribution < -0.4 is 0 Å². The second kappa shape index (κ2) is 7.14. The Morgan fingerprint density at radius 3 is 2.42 bits per heavy atom. The van der Waals surface area contributed by atoms with E-state index in [-0.39, 0.29) is 18.2 Å². The molecule has 1 aromatic carbocycles. The van der Waals surface area contributed by atoms with Crippen LogP contribution in [-0.2, 0) is 17.4 Å². The second-order valence-electron chi connectivity index (χ2n) is 5.84. The van der Waals surface area contributed by atoms with Crippen molar-refractivity contribution in [1.82, 2.24) is 15.0 Å². The van der Waals surface area contributed by atoms with Crippen molar-refractivity contribution in [3.63, 3.8) is 0 Å². The van der Waals surface area contributed by atoms with Gasteiger partial charge in [0.05, 0.1) is 12.1 Å². The number of carbonyl (C=O) groups excluding carboxylic acids is 1. The summed E-state index contributed by atoms with van der Waals surface area (Å²) in [4.78, 5) is 17.3. The summed E-state index contributed by atoms with van der Waals surface area (Å²) in [5.74, 6) is -1.63. The first-order valence-electron chi connectivity index (χ1n) is 7.84. The van der Waals surface area contributed by atoms with Crippen molar-refractivity contribution in [3.8, 4) is 11.4 Å². The number of oxime groups is 1. The van der Waals surface area contributed by atoms with E-state index in [9.17, 15) is 18.0 Å². The minimum atomic E-state index is -4.69. The molecule has 7 nitrogen and oxygen atoms in total. The van der Waals surface area contributed by atoms with Gasteiger partial charge in [0.1, 0.15) is 0 Å². The van der Waals surface area contributed by atoms with Gasteiger partial charge in [0, 0.05) is 31.5 Å². The fourth-order valence-electron chi connectivity index (χ4n) is 2.63. The number of hydrogen-bond acceptors (Lipinski definition) is 6. The van der Waals surface area contributed by atoms with Gasteiger partial charge in [-0.2, -0.15) is 18.2 Å². The molecule has 0 atom stereocenters. The molecular weight excluding hydrogens is 353 g/mol. The van der Waals surface area contributed by atoms with E-state index in [2.05, 4.69) is 19.8 Å². The number of carbonyl (C=O) groups is 1. The predicted octanol–water partition coefficient (Wildman–Crippen LogP) is 2.75. The Bertz CT molecular complexity index is 805. The van der Waals surface area contributed by atoms with Crippen LogP contribution >= 0.6 is 0 Å². The van der Waals surface area contributed by atoms with Gasteiger partial charge in [-0.25, -0.2) is 0 Å². The lowest BCUT2D eigenvalue weighted by atomic mass is 10.1. The van der Waals surface area contributed by atoms with Gasteiger partial charge >= 0.3 is 12.1 Å². The molecule has 138 valence electrons. The Morgan fingerprint density at radius 2 is 1.88 bits per heavy atom. The normalized spacial score (nSPS) is 15.2. The molecule has 1 aliphatic heterocycles. The number of rotatable bonds is 3. The minimum absolute atomic E-state index is 0.0614. The van der Waals surface area contributed by atoms with Gasteiger partial charge < -0.3 is 14.6 Å². The third-order valence-electron chi connectivity index (χ3n) is 4.07. The van der Waals surface area contributed by atoms with E-state index in [0.29, 0.717) is 37.2 Å². The van der Waals surface area contributed by atoms with E-state index < -0.39 is 12.1 Å². The van der Waals surface area contributed by atoms with Crippen LogP contribution in [0.4, 0.5) is 13.2 Å². The number of nitrogens with zero attached hydrogens (tertiary/aromatic N) is 4. The monoisotopic (exact) mass is 368 g/mol. The third kappa shape index (κ3) is 4.01. The number of amides is 1. The molecule has 10 heteroatoms. The van der Waals surface area contributed by atoms with Gasteiger partial charge in [0.2, 0.25) is 11.7 Å². The van der Waals surface area contributed by atoms with E-state index >= 15 is 0 Å². The minimum Gasteiger partial charge on any atom is -0.411 e. The first-order valence-corrected chi connectivity index (χ1v) is 7.84. The molecule has 0 radical (unpaired) electrons. The molecule has 2 aromatic rings. The average molecular weight is 368 g/mol. The van der Waals surface area contributed by atoms with Gasteiger partial charge in [0.25, 0.3) is 0 Å². The summed E-state index contributed by atoms with van der Waals surface area (Å²) in [5.41, 5.74) is 1.76. The molecule has 26 heavy (non-hydrogen) atoms. The zero-order valence-corrected chi connectivity index (χ0v) is 13.5. The summed E-state index contributed by atoms with van der Waals surface area (Å²) < 4.78 is 41.7. The summed E-state index contributed by atoms with van der Waals surface area (Å²) in [5, 5.41) is 15.2. The maximum Gasteiger partial charge on any atom is 0.471 e. The van der Waals surface area contributed by atoms with Crippen LogP contribution in [-0.4, -0.2) is 45.0 Å². The van der Waals surface area contributed by atoms with Crippen LogP contribution in [0.2, 0.25) is 0 Å². The SMILES string of the molecule is O=C(Cc1ccc(-c2noc(C(F)(F)F)n2)cc1)N1CCC(=NO)CC1. The second-order valence-corrected chi connectivity index (χ2v) is 5.84. The molecule has 0 unspecified atom stereocenters. The standard InChI is InChI=1S/C16H15F3N4O3/c17-16(18,19)15-20-14(22-26-15)11-3-1-10(2-4-11)9-13(24)23-7-5-12(21-25)6-8-23/h1-4,25H,5-9H2. The zero-order valence-electron chi connectivity index (χ0n) is 13.5. The number of alkyl halides is 3. The van der Waals surface area contributed by atoms with Crippen LogP contribution in [0.1, 0.15) is 24.3 Å². The fraction of sp³-hybridized carbons (Fsp3) is 0.375. The lowest BCUT2D eigenvalue weighted by Crippen LogP contribution is -2.39. The summed E-state index contributed by atoms with van der Waals surface area (Å²) >= 11 is 0. The molecule has 1 fully saturated rings. The van der Waals surface area contributed by atoms with Gasteiger partial charge in [0.15, 0.2) is 0 Å². The Kier molecular flexibility index (Phi) is 4.92. The predicted molar refractivity (Wildman–Crippen MR) is 83.5 cm³/mol. The highest BCUT2D eigenvalue weighted by atomic mass is 19.4. The maximum absolute atomic E-state index is 12.5. The van der Waals surface area contributed by atoms with Crippen LogP contribution in [0.25, 0.3) is 11.4 Å². The van der Waals surface area contributed by atoms with Crippen molar-refractivity contribution < 1.29 is 27.7 Å². The Balaban J connectivity index is 1.63. The highest BCUT2D eigenvalue weighted by molar-refractivity contribution is 5.87. The quantitative estimate of drug-likeness (QED) is 0.664. The number of hydrogen-bond donors (Lipinski definition) is 1. The lowest BCUT2D eigenvalue weighted by Gasteiger charge is -2.27. The third-order valence-corrected chi connectivity index (χ3v) is 4.07. The highest BCUT2D eigenvalue weighted by Gasteiger charge is 2.38. The Morgan fingerprint density at radius 1 is 1.23 bits per heavy atom. The number of likely N-dealkylation sites (tertiary alicyclic amines) is 1. The van der Waals surface area contributed by atoms with Gasteiger partial charge in [-0.3, -0.25) is 4.79 Å². The molecule has 1 saturated heterocycles. The Hall–Kier alpha value is -2.91. The zero-order chi connectivity index (χ0) is 18.7. The van der Waals surface area contributed by atoms with Gasteiger partial charge in [-0.05, 0) is 5.56 Å². The van der Waals surface area contributed by atoms with Crippen LogP contribution in [0.3, 0.4) is 0 Å². The van der Waals surface area contributed by atoms with E-state index in [0.717, 1.165) is 5.56 Å². The molecule has 0 spiro atoms. The fourth-order valence-corrected chi connectivity index (χ4v) is 2.63. The lowest BCUT2D eigenvalue weighted by molar-refractivity contribution is -0.159. The highest BCUT2D eigenvalue weighted by Crippen LogP contribution is 2.29. The maximum atomic E-state index is 12.5. The molecule has 1 N–H and O–H groups in total. The topological polar surface area (TPSA) is 91.8 Å². The first-order chi connectivity index (χ1) is 12.4. The van der Waals surface area contributed by atoms with Crippen molar-refractivity contribution in [1.29, 1.82) is 0 Å². The van der Waals surface area contributed by atoms with Crippen molar-refractivity contribution >= 4 is 11.6 Å². The molecule has 0 bridgehead atoms. The molecule has 0 saturated carbocycles. The Labute approximate surface area is 146 Å². The molecule has 0 aliphatic carbocycles. The van der Waals surface area contributed by atoms with Crippen molar-refractivity contribution in [2.45, 2.75) is 25.4 Å². The number of benzene rings is 1. The van der Waals surface area contributed by atoms with Crippen LogP contribution in [0.15, 0.2) is 33.9 Å². The van der Waals surface area contributed by atoms with Gasteiger partial charge in [-0.15, -0.1) is 0 Å². The van der Waals surface area contributed by atoms with Gasteiger partial charge in [-0.1, -0.05) is 34.6 Å². The summed E-state index contributed by atoms with van der Waals surface area (Å²) in [6.07, 6.45) is -3.43. The van der Waals surface area contributed by atoms with Crippen molar-refractivity contribution in [2.24, 2.45) is 5.16 Å². The van der Waals surface area contributed by atoms with Crippen molar-refractivity contribution in [3.05, 3.63) is 35.7 Å². The molecule has 1 amide bonds. The smallest absolute Gasteiger partial charge is 0.411 e. The molecule has 2 heterocycles. The van der Waals surface area contributed by atoms with Crippen LogP contribution in [0.5, 0.6) is 0 Å². The summed E-state index contributed by atoms with van der Waals surface area (Å²) in [7, 11) is 0.